The molecule has 0 saturated carbocycles. The van der Waals surface area contributed by atoms with Crippen LogP contribution in [-0.4, -0.2) is 29.4 Å². The topological polar surface area (TPSA) is 98.5 Å². The van der Waals surface area contributed by atoms with Crippen molar-refractivity contribution in [1.29, 1.82) is 0 Å². The van der Waals surface area contributed by atoms with E-state index in [1.807, 2.05) is 30.3 Å². The fourth-order valence-corrected chi connectivity index (χ4v) is 2.47. The first-order valence-electron chi connectivity index (χ1n) is 8.43. The Morgan fingerprint density at radius 3 is 2.48 bits per heavy atom. The van der Waals surface area contributed by atoms with Gasteiger partial charge in [0, 0.05) is 18.6 Å². The van der Waals surface area contributed by atoms with Gasteiger partial charge in [-0.05, 0) is 24.6 Å². The van der Waals surface area contributed by atoms with E-state index in [-0.39, 0.29) is 18.7 Å². The predicted molar refractivity (Wildman–Crippen MR) is 101 cm³/mol. The summed E-state index contributed by atoms with van der Waals surface area (Å²) in [6.45, 7) is 1.89. The van der Waals surface area contributed by atoms with Gasteiger partial charge >= 0.3 is 5.97 Å². The lowest BCUT2D eigenvalue weighted by molar-refractivity contribution is -0.385. The summed E-state index contributed by atoms with van der Waals surface area (Å²) in [6.07, 6.45) is 2.79. The number of hydrogen-bond donors (Lipinski definition) is 1. The molecule has 0 aromatic heterocycles. The lowest BCUT2D eigenvalue weighted by Gasteiger charge is -2.16. The summed E-state index contributed by atoms with van der Waals surface area (Å²) in [6, 6.07) is 14.5. The molecule has 27 heavy (non-hydrogen) atoms. The second-order valence-electron chi connectivity index (χ2n) is 5.65. The number of ether oxygens (including phenoxy) is 1. The average molecular weight is 368 g/mol. The lowest BCUT2D eigenvalue weighted by Crippen LogP contribution is -2.42. The van der Waals surface area contributed by atoms with Crippen molar-refractivity contribution < 1.29 is 19.2 Å². The van der Waals surface area contributed by atoms with Crippen molar-refractivity contribution in [3.63, 3.8) is 0 Å². The van der Waals surface area contributed by atoms with Crippen LogP contribution in [-0.2, 0) is 20.7 Å². The fourth-order valence-electron chi connectivity index (χ4n) is 2.47. The van der Waals surface area contributed by atoms with Gasteiger partial charge in [-0.2, -0.15) is 0 Å². The normalized spacial score (nSPS) is 11.7. The molecule has 0 bridgehead atoms. The molecule has 2 aromatic rings. The first-order chi connectivity index (χ1) is 13.0. The Balaban J connectivity index is 2.11. The van der Waals surface area contributed by atoms with Crippen LogP contribution in [0.2, 0.25) is 0 Å². The van der Waals surface area contributed by atoms with E-state index in [1.54, 1.807) is 19.1 Å². The van der Waals surface area contributed by atoms with Crippen LogP contribution in [0.5, 0.6) is 0 Å². The number of carbonyl (C=O) groups is 2. The van der Waals surface area contributed by atoms with Crippen LogP contribution >= 0.6 is 0 Å². The number of hydrogen-bond acceptors (Lipinski definition) is 5. The van der Waals surface area contributed by atoms with Crippen LogP contribution in [0.15, 0.2) is 60.7 Å². The van der Waals surface area contributed by atoms with E-state index in [9.17, 15) is 19.7 Å². The second kappa shape index (κ2) is 9.86. The van der Waals surface area contributed by atoms with Gasteiger partial charge in [0.1, 0.15) is 6.04 Å². The molecule has 1 amide bonds. The van der Waals surface area contributed by atoms with Crippen molar-refractivity contribution in [2.24, 2.45) is 0 Å². The van der Waals surface area contributed by atoms with E-state index in [1.165, 1.54) is 24.3 Å². The molecule has 2 rings (SSSR count). The number of esters is 1. The minimum Gasteiger partial charge on any atom is -0.464 e. The Morgan fingerprint density at radius 2 is 1.81 bits per heavy atom. The highest BCUT2D eigenvalue weighted by Crippen LogP contribution is 2.18. The standard InChI is InChI=1S/C20H20N2O5/c1-2-27-20(24)17(14-15-8-4-3-5-9-15)21-19(23)13-12-16-10-6-7-11-18(16)22(25)26/h3-13,17H,2,14H2,1H3,(H,21,23). The average Bonchev–Trinajstić information content (AvgIpc) is 2.67. The van der Waals surface area contributed by atoms with E-state index in [0.717, 1.165) is 5.56 Å². The number of nitro groups is 1. The van der Waals surface area contributed by atoms with Gasteiger partial charge in [-0.1, -0.05) is 42.5 Å². The van der Waals surface area contributed by atoms with Crippen LogP contribution < -0.4 is 5.32 Å². The summed E-state index contributed by atoms with van der Waals surface area (Å²) in [5, 5.41) is 13.6. The van der Waals surface area contributed by atoms with Gasteiger partial charge in [-0.25, -0.2) is 4.79 Å². The van der Waals surface area contributed by atoms with Crippen molar-refractivity contribution >= 4 is 23.6 Å². The van der Waals surface area contributed by atoms with E-state index in [4.69, 9.17) is 4.74 Å². The van der Waals surface area contributed by atoms with Gasteiger partial charge in [0.2, 0.25) is 5.91 Å². The van der Waals surface area contributed by atoms with Gasteiger partial charge < -0.3 is 10.1 Å². The van der Waals surface area contributed by atoms with Crippen molar-refractivity contribution in [2.45, 2.75) is 19.4 Å². The quantitative estimate of drug-likeness (QED) is 0.334. The predicted octanol–water partition coefficient (Wildman–Crippen LogP) is 2.90. The van der Waals surface area contributed by atoms with Crippen molar-refractivity contribution in [3.8, 4) is 0 Å². The van der Waals surface area contributed by atoms with Gasteiger partial charge in [0.05, 0.1) is 17.1 Å². The molecule has 7 nitrogen and oxygen atoms in total. The number of rotatable bonds is 8. The summed E-state index contributed by atoms with van der Waals surface area (Å²) >= 11 is 0. The molecule has 0 heterocycles. The molecular weight excluding hydrogens is 348 g/mol. The maximum Gasteiger partial charge on any atom is 0.328 e. The molecule has 0 spiro atoms. The smallest absolute Gasteiger partial charge is 0.328 e. The van der Waals surface area contributed by atoms with E-state index >= 15 is 0 Å². The molecule has 2 aromatic carbocycles. The molecule has 0 fully saturated rings. The molecular formula is C20H20N2O5. The van der Waals surface area contributed by atoms with Crippen LogP contribution in [0.4, 0.5) is 5.69 Å². The van der Waals surface area contributed by atoms with Crippen LogP contribution in [0.3, 0.4) is 0 Å². The SMILES string of the molecule is CCOC(=O)C(Cc1ccccc1)NC(=O)C=Cc1ccccc1[N+](=O)[O-]. The van der Waals surface area contributed by atoms with Gasteiger partial charge in [0.15, 0.2) is 0 Å². The minimum atomic E-state index is -0.852. The maximum absolute atomic E-state index is 12.2. The van der Waals surface area contributed by atoms with Crippen molar-refractivity contribution in [3.05, 3.63) is 81.9 Å². The summed E-state index contributed by atoms with van der Waals surface area (Å²) in [5.74, 6) is -1.07. The largest absolute Gasteiger partial charge is 0.464 e. The Bertz CT molecular complexity index is 833. The Hall–Kier alpha value is -3.48. The second-order valence-corrected chi connectivity index (χ2v) is 5.65. The minimum absolute atomic E-state index is 0.104. The number of benzene rings is 2. The number of nitrogens with zero attached hydrogens (tertiary/aromatic N) is 1. The summed E-state index contributed by atoms with van der Waals surface area (Å²) in [5.41, 5.74) is 1.07. The molecule has 0 aliphatic rings. The Kier molecular flexibility index (Phi) is 7.25. The van der Waals surface area contributed by atoms with Gasteiger partial charge in [-0.3, -0.25) is 14.9 Å². The highest BCUT2D eigenvalue weighted by Gasteiger charge is 2.21. The molecule has 1 N–H and O–H groups in total. The number of carbonyl (C=O) groups excluding carboxylic acids is 2. The lowest BCUT2D eigenvalue weighted by atomic mass is 10.1. The third-order valence-electron chi connectivity index (χ3n) is 3.72. The third-order valence-corrected chi connectivity index (χ3v) is 3.72. The van der Waals surface area contributed by atoms with Crippen LogP contribution in [0, 0.1) is 10.1 Å². The number of nitro benzene ring substituents is 1. The number of para-hydroxylation sites is 1. The van der Waals surface area contributed by atoms with E-state index in [0.29, 0.717) is 5.56 Å². The number of nitrogens with one attached hydrogen (secondary N) is 1. The molecule has 1 atom stereocenters. The summed E-state index contributed by atoms with van der Waals surface area (Å²) in [7, 11) is 0. The molecule has 7 heteroatoms. The Morgan fingerprint density at radius 1 is 1.15 bits per heavy atom. The zero-order valence-electron chi connectivity index (χ0n) is 14.8. The molecule has 0 aliphatic heterocycles. The maximum atomic E-state index is 12.2. The van der Waals surface area contributed by atoms with Gasteiger partial charge in [0.25, 0.3) is 5.69 Å². The van der Waals surface area contributed by atoms with E-state index < -0.39 is 22.8 Å². The highest BCUT2D eigenvalue weighted by atomic mass is 16.6. The summed E-state index contributed by atoms with van der Waals surface area (Å²) in [4.78, 5) is 34.9. The highest BCUT2D eigenvalue weighted by molar-refractivity contribution is 5.95. The van der Waals surface area contributed by atoms with Crippen molar-refractivity contribution in [1.82, 2.24) is 5.32 Å². The van der Waals surface area contributed by atoms with Crippen LogP contribution in [0.1, 0.15) is 18.1 Å². The molecule has 1 unspecified atom stereocenters. The van der Waals surface area contributed by atoms with E-state index in [2.05, 4.69) is 5.32 Å². The molecule has 0 radical (unpaired) electrons. The monoisotopic (exact) mass is 368 g/mol. The zero-order chi connectivity index (χ0) is 19.6. The number of amides is 1. The summed E-state index contributed by atoms with van der Waals surface area (Å²) < 4.78 is 5.02. The Labute approximate surface area is 156 Å². The fraction of sp³-hybridized carbons (Fsp3) is 0.200. The molecule has 0 aliphatic carbocycles. The first kappa shape index (κ1) is 19.8. The van der Waals surface area contributed by atoms with Gasteiger partial charge in [-0.15, -0.1) is 0 Å². The molecule has 0 saturated heterocycles. The third kappa shape index (κ3) is 6.07. The first-order valence-corrected chi connectivity index (χ1v) is 8.43. The molecule has 140 valence electrons. The van der Waals surface area contributed by atoms with Crippen molar-refractivity contribution in [2.75, 3.05) is 6.61 Å². The van der Waals surface area contributed by atoms with Crippen LogP contribution in [0.25, 0.3) is 6.08 Å². The zero-order valence-corrected chi connectivity index (χ0v) is 14.8.